The van der Waals surface area contributed by atoms with E-state index >= 15 is 0 Å². The maximum atomic E-state index is 12.1. The fraction of sp³-hybridized carbons (Fsp3) is 0.179. The Labute approximate surface area is 222 Å². The van der Waals surface area contributed by atoms with E-state index in [0.29, 0.717) is 23.3 Å². The van der Waals surface area contributed by atoms with Gasteiger partial charge >= 0.3 is 0 Å². The van der Waals surface area contributed by atoms with Gasteiger partial charge in [0.15, 0.2) is 0 Å². The summed E-state index contributed by atoms with van der Waals surface area (Å²) in [5.41, 5.74) is 3.77. The van der Waals surface area contributed by atoms with Gasteiger partial charge in [0, 0.05) is 11.1 Å². The van der Waals surface area contributed by atoms with Crippen LogP contribution in [0, 0.1) is 17.0 Å². The monoisotopic (exact) mass is 537 g/mol. The number of hydrogen-bond donors (Lipinski definition) is 2. The smallest absolute Gasteiger partial charge is 0.296 e. The van der Waals surface area contributed by atoms with E-state index in [2.05, 4.69) is 11.9 Å². The van der Waals surface area contributed by atoms with Crippen LogP contribution in [0.5, 0.6) is 5.75 Å². The molecule has 0 aromatic heterocycles. The third kappa shape index (κ3) is 8.39. The van der Waals surface area contributed by atoms with Crippen LogP contribution < -0.4 is 15.2 Å². The number of carbonyl (C=O) groups is 1. The van der Waals surface area contributed by atoms with Gasteiger partial charge in [0.1, 0.15) is 11.4 Å². The summed E-state index contributed by atoms with van der Waals surface area (Å²) in [5.74, 6) is -0.0262. The minimum atomic E-state index is -3.69. The maximum absolute atomic E-state index is 12.1. The van der Waals surface area contributed by atoms with Crippen molar-refractivity contribution in [2.24, 2.45) is 5.14 Å². The minimum Gasteiger partial charge on any atom is -0.496 e. The molecule has 1 amide bonds. The number of carbonyl (C=O) groups excluding carboxylic acids is 1. The molecule has 200 valence electrons. The minimum absolute atomic E-state index is 0.131. The topological polar surface area (TPSA) is 142 Å². The summed E-state index contributed by atoms with van der Waals surface area (Å²) >= 11 is 0. The van der Waals surface area contributed by atoms with Gasteiger partial charge < -0.3 is 10.1 Å². The summed E-state index contributed by atoms with van der Waals surface area (Å²) in [6.07, 6.45) is 2.16. The number of nitro groups is 1. The van der Waals surface area contributed by atoms with Crippen LogP contribution >= 0.6 is 0 Å². The van der Waals surface area contributed by atoms with Crippen LogP contribution in [0.1, 0.15) is 25.8 Å². The Bertz CT molecular complexity index is 1460. The number of anilines is 1. The Morgan fingerprint density at radius 2 is 1.76 bits per heavy atom. The van der Waals surface area contributed by atoms with Crippen molar-refractivity contribution in [2.75, 3.05) is 12.4 Å². The number of nitrogens with zero attached hydrogens (tertiary/aromatic N) is 1. The van der Waals surface area contributed by atoms with E-state index in [1.807, 2.05) is 38.1 Å². The molecule has 0 fully saturated rings. The van der Waals surface area contributed by atoms with Gasteiger partial charge in [-0.2, -0.15) is 0 Å². The van der Waals surface area contributed by atoms with Crippen LogP contribution in [0.25, 0.3) is 11.1 Å². The highest BCUT2D eigenvalue weighted by Gasteiger charge is 2.18. The Kier molecular flexibility index (Phi) is 10.5. The molecule has 0 radical (unpaired) electrons. The van der Waals surface area contributed by atoms with E-state index in [0.717, 1.165) is 16.7 Å². The zero-order valence-corrected chi connectivity index (χ0v) is 22.5. The van der Waals surface area contributed by atoms with Gasteiger partial charge in [0.25, 0.3) is 11.6 Å². The van der Waals surface area contributed by atoms with Gasteiger partial charge in [-0.05, 0) is 44.0 Å². The number of allylic oxidation sites excluding steroid dienone is 2. The summed E-state index contributed by atoms with van der Waals surface area (Å²) in [6, 6.07) is 18.7. The quantitative estimate of drug-likeness (QED) is 0.162. The van der Waals surface area contributed by atoms with Gasteiger partial charge in [-0.1, -0.05) is 73.2 Å². The van der Waals surface area contributed by atoms with E-state index in [4.69, 9.17) is 9.88 Å². The number of amides is 1. The molecule has 0 aliphatic heterocycles. The fourth-order valence-electron chi connectivity index (χ4n) is 3.41. The highest BCUT2D eigenvalue weighted by Crippen LogP contribution is 2.29. The van der Waals surface area contributed by atoms with Crippen LogP contribution in [0.4, 0.5) is 11.4 Å². The summed E-state index contributed by atoms with van der Waals surface area (Å²) in [5, 5.41) is 18.8. The first-order chi connectivity index (χ1) is 17.9. The number of nitro benzene ring substituents is 1. The second-order valence-corrected chi connectivity index (χ2v) is 9.90. The van der Waals surface area contributed by atoms with Crippen molar-refractivity contribution in [1.29, 1.82) is 0 Å². The predicted octanol–water partition coefficient (Wildman–Crippen LogP) is 5.76. The molecule has 0 saturated heterocycles. The lowest BCUT2D eigenvalue weighted by atomic mass is 10.0. The molecule has 0 aliphatic carbocycles. The molecule has 3 aromatic rings. The molecule has 0 aliphatic rings. The summed E-state index contributed by atoms with van der Waals surface area (Å²) < 4.78 is 27.9. The number of rotatable bonds is 8. The molecule has 3 N–H and O–H groups in total. The van der Waals surface area contributed by atoms with Crippen molar-refractivity contribution in [3.05, 3.63) is 106 Å². The first-order valence-electron chi connectivity index (χ1n) is 11.6. The number of methoxy groups -OCH3 is 1. The number of benzene rings is 3. The average molecular weight is 538 g/mol. The van der Waals surface area contributed by atoms with E-state index in [9.17, 15) is 23.3 Å². The van der Waals surface area contributed by atoms with Gasteiger partial charge in [-0.3, -0.25) is 14.9 Å². The zero-order chi connectivity index (χ0) is 28.5. The van der Waals surface area contributed by atoms with Crippen molar-refractivity contribution in [2.45, 2.75) is 32.1 Å². The van der Waals surface area contributed by atoms with Crippen LogP contribution in [0.3, 0.4) is 0 Å². The number of nitrogens with two attached hydrogens (primary N) is 1. The third-order valence-corrected chi connectivity index (χ3v) is 6.27. The molecule has 10 heteroatoms. The lowest BCUT2D eigenvalue weighted by molar-refractivity contribution is -0.384. The summed E-state index contributed by atoms with van der Waals surface area (Å²) in [7, 11) is -2.27. The van der Waals surface area contributed by atoms with Gasteiger partial charge in [-0.15, -0.1) is 0 Å². The molecule has 9 nitrogen and oxygen atoms in total. The van der Waals surface area contributed by atoms with E-state index in [1.165, 1.54) is 25.3 Å². The Hall–Kier alpha value is -4.28. The number of aryl methyl sites for hydroxylation is 1. The Balaban J connectivity index is 0.000000272. The second-order valence-electron chi connectivity index (χ2n) is 8.37. The van der Waals surface area contributed by atoms with E-state index in [1.54, 1.807) is 37.3 Å². The van der Waals surface area contributed by atoms with Gasteiger partial charge in [-0.25, -0.2) is 13.6 Å². The lowest BCUT2D eigenvalue weighted by Crippen LogP contribution is -2.15. The predicted molar refractivity (Wildman–Crippen MR) is 149 cm³/mol. The maximum Gasteiger partial charge on any atom is 0.296 e. The lowest BCUT2D eigenvalue weighted by Gasteiger charge is -2.09. The van der Waals surface area contributed by atoms with Gasteiger partial charge in [0.2, 0.25) is 10.0 Å². The number of nitrogens with one attached hydrogen (secondary N) is 1. The molecule has 0 unspecified atom stereocenters. The Morgan fingerprint density at radius 1 is 1.13 bits per heavy atom. The average Bonchev–Trinajstić information content (AvgIpc) is 2.87. The second kappa shape index (κ2) is 13.3. The van der Waals surface area contributed by atoms with Crippen LogP contribution in [-0.2, 0) is 14.8 Å². The standard InChI is InChI=1S/C15H18N2O4.C13H13NO2S/c1-5-11(8-10(2)3)15(18)16-13-7-6-12(21-4)9-14(13)17(19)20;1-10-6-8-11(9-7-10)12-4-2-3-5-13(12)17(14,15)16/h6-9H,2,5H2,1,3-4H3,(H,16,18);2-9H,1H3,(H2,14,15,16)/b11-8+;. The molecule has 0 spiro atoms. The molecule has 0 bridgehead atoms. The Morgan fingerprint density at radius 3 is 2.29 bits per heavy atom. The first-order valence-corrected chi connectivity index (χ1v) is 13.1. The SMILES string of the molecule is C=C(C)/C=C(\CC)C(=O)Nc1ccc(OC)cc1[N+](=O)[O-].Cc1ccc(-c2ccccc2S(N)(=O)=O)cc1. The normalized spacial score (nSPS) is 11.1. The van der Waals surface area contributed by atoms with Crippen molar-refractivity contribution in [1.82, 2.24) is 0 Å². The highest BCUT2D eigenvalue weighted by atomic mass is 32.2. The molecule has 0 heterocycles. The van der Waals surface area contributed by atoms with E-state index in [-0.39, 0.29) is 22.2 Å². The zero-order valence-electron chi connectivity index (χ0n) is 21.7. The van der Waals surface area contributed by atoms with Crippen molar-refractivity contribution in [3.8, 4) is 16.9 Å². The highest BCUT2D eigenvalue weighted by molar-refractivity contribution is 7.89. The molecular weight excluding hydrogens is 506 g/mol. The van der Waals surface area contributed by atoms with Crippen molar-refractivity contribution in [3.63, 3.8) is 0 Å². The summed E-state index contributed by atoms with van der Waals surface area (Å²) in [4.78, 5) is 22.8. The van der Waals surface area contributed by atoms with E-state index < -0.39 is 14.9 Å². The van der Waals surface area contributed by atoms with Crippen molar-refractivity contribution < 1.29 is 22.9 Å². The fourth-order valence-corrected chi connectivity index (χ4v) is 4.17. The molecule has 0 atom stereocenters. The number of primary sulfonamides is 1. The van der Waals surface area contributed by atoms with Gasteiger partial charge in [0.05, 0.1) is 23.0 Å². The third-order valence-electron chi connectivity index (χ3n) is 5.30. The molecule has 0 saturated carbocycles. The number of sulfonamides is 1. The van der Waals surface area contributed by atoms with Crippen LogP contribution in [0.15, 0.2) is 95.4 Å². The largest absolute Gasteiger partial charge is 0.496 e. The first kappa shape index (κ1) is 29.9. The number of ether oxygens (including phenoxy) is 1. The molecular formula is C28H31N3O6S. The molecule has 3 aromatic carbocycles. The van der Waals surface area contributed by atoms with Crippen molar-refractivity contribution >= 4 is 27.3 Å². The van der Waals surface area contributed by atoms with Crippen LogP contribution in [-0.4, -0.2) is 26.4 Å². The number of hydrogen-bond acceptors (Lipinski definition) is 6. The summed E-state index contributed by atoms with van der Waals surface area (Å²) in [6.45, 7) is 9.31. The molecule has 38 heavy (non-hydrogen) atoms. The van der Waals surface area contributed by atoms with Crippen LogP contribution in [0.2, 0.25) is 0 Å². The molecule has 3 rings (SSSR count).